The molecule has 1 aliphatic heterocycles. The van der Waals surface area contributed by atoms with Gasteiger partial charge in [0.15, 0.2) is 0 Å². The molecule has 0 spiro atoms. The first-order chi connectivity index (χ1) is 9.51. The zero-order valence-electron chi connectivity index (χ0n) is 12.6. The minimum atomic E-state index is -1.05. The summed E-state index contributed by atoms with van der Waals surface area (Å²) in [7, 11) is 1.60. The summed E-state index contributed by atoms with van der Waals surface area (Å²) in [5.74, 6) is -0.911. The number of carboxylic acid groups (broad SMARTS) is 1. The average Bonchev–Trinajstić information content (AvgIpc) is 2.84. The number of methoxy groups -OCH3 is 1. The largest absolute Gasteiger partial charge is 0.479 e. The monoisotopic (exact) mass is 286 g/mol. The van der Waals surface area contributed by atoms with E-state index in [1.807, 2.05) is 13.8 Å². The highest BCUT2D eigenvalue weighted by atomic mass is 16.5. The van der Waals surface area contributed by atoms with Crippen molar-refractivity contribution >= 4 is 12.0 Å². The average molecular weight is 286 g/mol. The predicted molar refractivity (Wildman–Crippen MR) is 75.7 cm³/mol. The maximum atomic E-state index is 12.4. The third kappa shape index (κ3) is 3.42. The molecule has 2 atom stereocenters. The van der Waals surface area contributed by atoms with E-state index in [1.54, 1.807) is 7.11 Å². The highest BCUT2D eigenvalue weighted by Gasteiger charge is 2.48. The molecular weight excluding hydrogens is 260 g/mol. The molecule has 0 aromatic carbocycles. The molecule has 0 aromatic heterocycles. The van der Waals surface area contributed by atoms with E-state index < -0.39 is 11.5 Å². The number of hydrogen-bond donors (Lipinski definition) is 2. The Balaban J connectivity index is 2.76. The maximum Gasteiger partial charge on any atom is 0.329 e. The minimum Gasteiger partial charge on any atom is -0.479 e. The summed E-state index contributed by atoms with van der Waals surface area (Å²) in [6, 6.07) is -0.358. The highest BCUT2D eigenvalue weighted by molar-refractivity contribution is 5.87. The van der Waals surface area contributed by atoms with Gasteiger partial charge < -0.3 is 20.1 Å². The van der Waals surface area contributed by atoms with Crippen LogP contribution in [0.15, 0.2) is 0 Å². The van der Waals surface area contributed by atoms with Gasteiger partial charge in [0.25, 0.3) is 0 Å². The molecule has 0 aliphatic carbocycles. The molecule has 1 fully saturated rings. The quantitative estimate of drug-likeness (QED) is 0.748. The number of ether oxygens (including phenoxy) is 1. The second kappa shape index (κ2) is 7.47. The number of carbonyl (C=O) groups excluding carboxylic acids is 1. The van der Waals surface area contributed by atoms with Crippen LogP contribution in [-0.2, 0) is 9.53 Å². The van der Waals surface area contributed by atoms with Gasteiger partial charge in [-0.2, -0.15) is 0 Å². The van der Waals surface area contributed by atoms with E-state index in [-0.39, 0.29) is 12.1 Å². The number of nitrogens with zero attached hydrogens (tertiary/aromatic N) is 1. The molecule has 6 nitrogen and oxygen atoms in total. The number of carboxylic acids is 1. The van der Waals surface area contributed by atoms with E-state index in [2.05, 4.69) is 5.32 Å². The molecule has 1 aliphatic rings. The van der Waals surface area contributed by atoms with Crippen molar-refractivity contribution < 1.29 is 19.4 Å². The van der Waals surface area contributed by atoms with E-state index in [4.69, 9.17) is 4.74 Å². The normalized spacial score (nSPS) is 23.6. The Kier molecular flexibility index (Phi) is 6.26. The van der Waals surface area contributed by atoms with Gasteiger partial charge in [0.05, 0.1) is 12.6 Å². The van der Waals surface area contributed by atoms with Gasteiger partial charge in [-0.15, -0.1) is 0 Å². The van der Waals surface area contributed by atoms with Gasteiger partial charge in [0.2, 0.25) is 0 Å². The summed E-state index contributed by atoms with van der Waals surface area (Å²) in [6.45, 7) is 4.80. The number of urea groups is 1. The number of rotatable bonds is 7. The van der Waals surface area contributed by atoms with Crippen molar-refractivity contribution in [2.75, 3.05) is 20.3 Å². The van der Waals surface area contributed by atoms with Crippen LogP contribution in [0.4, 0.5) is 4.79 Å². The number of aliphatic carboxylic acids is 1. The van der Waals surface area contributed by atoms with Crippen LogP contribution in [0.2, 0.25) is 0 Å². The van der Waals surface area contributed by atoms with Crippen LogP contribution in [0.3, 0.4) is 0 Å². The van der Waals surface area contributed by atoms with Crippen molar-refractivity contribution in [2.24, 2.45) is 0 Å². The summed E-state index contributed by atoms with van der Waals surface area (Å²) in [5, 5.41) is 12.4. The number of hydrogen-bond acceptors (Lipinski definition) is 3. The molecule has 2 amide bonds. The van der Waals surface area contributed by atoms with Gasteiger partial charge in [0.1, 0.15) is 5.54 Å². The minimum absolute atomic E-state index is 0.0681. The Morgan fingerprint density at radius 2 is 2.15 bits per heavy atom. The van der Waals surface area contributed by atoms with E-state index in [0.29, 0.717) is 26.0 Å². The Morgan fingerprint density at radius 1 is 1.45 bits per heavy atom. The lowest BCUT2D eigenvalue weighted by Gasteiger charge is -2.35. The molecule has 0 bridgehead atoms. The third-order valence-corrected chi connectivity index (χ3v) is 4.05. The van der Waals surface area contributed by atoms with E-state index in [1.165, 1.54) is 4.90 Å². The number of carbonyl (C=O) groups is 2. The van der Waals surface area contributed by atoms with Gasteiger partial charge in [0, 0.05) is 13.7 Å². The molecule has 116 valence electrons. The van der Waals surface area contributed by atoms with Crippen molar-refractivity contribution in [1.82, 2.24) is 10.2 Å². The lowest BCUT2D eigenvalue weighted by Crippen LogP contribution is -2.57. The Bertz CT molecular complexity index is 342. The maximum absolute atomic E-state index is 12.4. The van der Waals surface area contributed by atoms with Crippen molar-refractivity contribution in [3.63, 3.8) is 0 Å². The number of amides is 2. The summed E-state index contributed by atoms with van der Waals surface area (Å²) >= 11 is 0. The van der Waals surface area contributed by atoms with Crippen molar-refractivity contribution in [3.05, 3.63) is 0 Å². The second-order valence-electron chi connectivity index (χ2n) is 5.34. The van der Waals surface area contributed by atoms with E-state index >= 15 is 0 Å². The van der Waals surface area contributed by atoms with Crippen LogP contribution in [0.25, 0.3) is 0 Å². The fourth-order valence-corrected chi connectivity index (χ4v) is 2.92. The van der Waals surface area contributed by atoms with Crippen molar-refractivity contribution in [3.8, 4) is 0 Å². The van der Waals surface area contributed by atoms with Gasteiger partial charge in [-0.05, 0) is 25.7 Å². The van der Waals surface area contributed by atoms with Gasteiger partial charge in [-0.3, -0.25) is 0 Å². The predicted octanol–water partition coefficient (Wildman–Crippen LogP) is 1.84. The van der Waals surface area contributed by atoms with Crippen molar-refractivity contribution in [2.45, 2.75) is 57.5 Å². The molecule has 1 saturated heterocycles. The molecule has 0 saturated carbocycles. The van der Waals surface area contributed by atoms with E-state index in [0.717, 1.165) is 19.3 Å². The van der Waals surface area contributed by atoms with Gasteiger partial charge in [-0.25, -0.2) is 9.59 Å². The topological polar surface area (TPSA) is 78.9 Å². The molecule has 1 rings (SSSR count). The highest BCUT2D eigenvalue weighted by Crippen LogP contribution is 2.32. The smallest absolute Gasteiger partial charge is 0.329 e. The standard InChI is InChI=1S/C14H26N2O4/c1-4-7-11(10-20-3)15-13(19)16-9-6-8-14(16,5-2)12(17)18/h11H,4-10H2,1-3H3,(H,15,19)(H,17,18). The second-order valence-corrected chi connectivity index (χ2v) is 5.34. The van der Waals surface area contributed by atoms with Crippen molar-refractivity contribution in [1.29, 1.82) is 0 Å². The first-order valence-corrected chi connectivity index (χ1v) is 7.32. The molecular formula is C14H26N2O4. The lowest BCUT2D eigenvalue weighted by atomic mass is 9.93. The zero-order chi connectivity index (χ0) is 15.2. The molecule has 0 radical (unpaired) electrons. The SMILES string of the molecule is CCCC(COC)NC(=O)N1CCCC1(CC)C(=O)O. The van der Waals surface area contributed by atoms with E-state index in [9.17, 15) is 14.7 Å². The fourth-order valence-electron chi connectivity index (χ4n) is 2.92. The molecule has 2 unspecified atom stereocenters. The first kappa shape index (κ1) is 16.8. The first-order valence-electron chi connectivity index (χ1n) is 7.32. The van der Waals surface area contributed by atoms with Crippen LogP contribution in [0, 0.1) is 0 Å². The Labute approximate surface area is 120 Å². The van der Waals surface area contributed by atoms with Gasteiger partial charge in [-0.1, -0.05) is 20.3 Å². The van der Waals surface area contributed by atoms with Crippen LogP contribution < -0.4 is 5.32 Å². The lowest BCUT2D eigenvalue weighted by molar-refractivity contribution is -0.148. The van der Waals surface area contributed by atoms with Crippen LogP contribution in [0.5, 0.6) is 0 Å². The third-order valence-electron chi connectivity index (χ3n) is 4.05. The summed E-state index contributed by atoms with van der Waals surface area (Å²) in [5.41, 5.74) is -1.05. The molecule has 0 aromatic rings. The summed E-state index contributed by atoms with van der Waals surface area (Å²) in [6.07, 6.45) is 3.44. The number of nitrogens with one attached hydrogen (secondary N) is 1. The molecule has 2 N–H and O–H groups in total. The fraction of sp³-hybridized carbons (Fsp3) is 0.857. The molecule has 6 heteroatoms. The van der Waals surface area contributed by atoms with Gasteiger partial charge >= 0.3 is 12.0 Å². The molecule has 1 heterocycles. The number of likely N-dealkylation sites (tertiary alicyclic amines) is 1. The Hall–Kier alpha value is -1.30. The van der Waals surface area contributed by atoms with Crippen LogP contribution in [-0.4, -0.2) is 53.8 Å². The zero-order valence-corrected chi connectivity index (χ0v) is 12.6. The summed E-state index contributed by atoms with van der Waals surface area (Å²) < 4.78 is 5.10. The molecule has 20 heavy (non-hydrogen) atoms. The Morgan fingerprint density at radius 3 is 2.65 bits per heavy atom. The van der Waals surface area contributed by atoms with Crippen LogP contribution in [0.1, 0.15) is 46.0 Å². The summed E-state index contributed by atoms with van der Waals surface area (Å²) in [4.78, 5) is 25.4. The van der Waals surface area contributed by atoms with Crippen LogP contribution >= 0.6 is 0 Å².